The molecule has 0 bridgehead atoms. The summed E-state index contributed by atoms with van der Waals surface area (Å²) < 4.78 is 0. The number of hydrogen-bond donors (Lipinski definition) is 0. The van der Waals surface area contributed by atoms with Crippen LogP contribution in [-0.4, -0.2) is 24.5 Å². The molecule has 0 saturated heterocycles. The molecule has 17 heavy (non-hydrogen) atoms. The molecule has 0 atom stereocenters. The van der Waals surface area contributed by atoms with Gasteiger partial charge in [0.2, 0.25) is 0 Å². The highest BCUT2D eigenvalue weighted by Crippen LogP contribution is 2.21. The summed E-state index contributed by atoms with van der Waals surface area (Å²) in [7, 11) is 0. The Morgan fingerprint density at radius 1 is 1.29 bits per heavy atom. The lowest BCUT2D eigenvalue weighted by atomic mass is 9.99. The van der Waals surface area contributed by atoms with Crippen molar-refractivity contribution in [2.45, 2.75) is 12.8 Å². The smallest absolute Gasteiger partial charge is 0.0350 e. The number of terminal acetylenes is 1. The fourth-order valence-corrected chi connectivity index (χ4v) is 2.16. The first-order valence-corrected chi connectivity index (χ1v) is 6.15. The highest BCUT2D eigenvalue weighted by atomic mass is 15.1. The molecular weight excluding hydrogens is 206 g/mol. The van der Waals surface area contributed by atoms with Gasteiger partial charge in [0.1, 0.15) is 0 Å². The standard InChI is InChI=1S/C16H18N/c1-2-3-7-12-17-13-10-16(11-14-17)15-8-5-4-6-9-15/h1,3-6,8-10H,7,11-14H2. The largest absolute Gasteiger partial charge is 0.299 e. The van der Waals surface area contributed by atoms with Gasteiger partial charge in [0.25, 0.3) is 0 Å². The van der Waals surface area contributed by atoms with E-state index in [1.807, 2.05) is 6.42 Å². The van der Waals surface area contributed by atoms with Crippen LogP contribution in [0.15, 0.2) is 36.4 Å². The zero-order valence-electron chi connectivity index (χ0n) is 10.1. The molecule has 1 radical (unpaired) electrons. The molecule has 1 aromatic carbocycles. The number of rotatable bonds is 4. The van der Waals surface area contributed by atoms with Crippen LogP contribution in [0.3, 0.4) is 0 Å². The third kappa shape index (κ3) is 3.47. The monoisotopic (exact) mass is 224 g/mol. The first-order chi connectivity index (χ1) is 8.40. The molecule has 0 fully saturated rings. The highest BCUT2D eigenvalue weighted by molar-refractivity contribution is 5.66. The zero-order valence-corrected chi connectivity index (χ0v) is 10.1. The third-order valence-corrected chi connectivity index (χ3v) is 3.15. The number of hydrogen-bond acceptors (Lipinski definition) is 1. The van der Waals surface area contributed by atoms with Gasteiger partial charge in [-0.25, -0.2) is 0 Å². The molecule has 0 saturated carbocycles. The summed E-state index contributed by atoms with van der Waals surface area (Å²) in [6.07, 6.45) is 11.6. The van der Waals surface area contributed by atoms with Gasteiger partial charge in [0.05, 0.1) is 0 Å². The van der Waals surface area contributed by atoms with Crippen molar-refractivity contribution >= 4 is 5.57 Å². The predicted molar refractivity (Wildman–Crippen MR) is 73.2 cm³/mol. The number of unbranched alkanes of at least 4 members (excludes halogenated alkanes) is 1. The van der Waals surface area contributed by atoms with Crippen LogP contribution < -0.4 is 0 Å². The van der Waals surface area contributed by atoms with Crippen LogP contribution in [0.1, 0.15) is 18.4 Å². The van der Waals surface area contributed by atoms with Gasteiger partial charge < -0.3 is 0 Å². The number of nitrogens with zero attached hydrogens (tertiary/aromatic N) is 1. The Hall–Kier alpha value is -1.52. The third-order valence-electron chi connectivity index (χ3n) is 3.15. The van der Waals surface area contributed by atoms with Crippen molar-refractivity contribution in [2.75, 3.05) is 19.6 Å². The molecule has 87 valence electrons. The number of benzene rings is 1. The van der Waals surface area contributed by atoms with E-state index in [0.29, 0.717) is 0 Å². The summed E-state index contributed by atoms with van der Waals surface area (Å²) >= 11 is 0. The second kappa shape index (κ2) is 6.27. The van der Waals surface area contributed by atoms with E-state index < -0.39 is 0 Å². The Morgan fingerprint density at radius 3 is 2.76 bits per heavy atom. The lowest BCUT2D eigenvalue weighted by Crippen LogP contribution is -2.29. The van der Waals surface area contributed by atoms with E-state index in [1.165, 1.54) is 11.1 Å². The van der Waals surface area contributed by atoms with Gasteiger partial charge in [-0.05, 0) is 30.5 Å². The first-order valence-electron chi connectivity index (χ1n) is 6.15. The highest BCUT2D eigenvalue weighted by Gasteiger charge is 2.11. The second-order valence-corrected chi connectivity index (χ2v) is 4.31. The van der Waals surface area contributed by atoms with Crippen LogP contribution in [0.25, 0.3) is 5.57 Å². The zero-order chi connectivity index (χ0) is 11.9. The van der Waals surface area contributed by atoms with Gasteiger partial charge in [-0.1, -0.05) is 36.4 Å². The lowest BCUT2D eigenvalue weighted by molar-refractivity contribution is 0.306. The van der Waals surface area contributed by atoms with Gasteiger partial charge in [-0.15, -0.1) is 12.3 Å². The van der Waals surface area contributed by atoms with Crippen molar-refractivity contribution in [1.29, 1.82) is 0 Å². The van der Waals surface area contributed by atoms with Crippen LogP contribution in [-0.2, 0) is 0 Å². The van der Waals surface area contributed by atoms with Crippen molar-refractivity contribution in [3.8, 4) is 12.3 Å². The lowest BCUT2D eigenvalue weighted by Gasteiger charge is -2.26. The average molecular weight is 224 g/mol. The maximum Gasteiger partial charge on any atom is 0.0350 e. The Kier molecular flexibility index (Phi) is 4.41. The van der Waals surface area contributed by atoms with E-state index in [0.717, 1.165) is 32.5 Å². The van der Waals surface area contributed by atoms with Crippen LogP contribution >= 0.6 is 0 Å². The molecule has 1 nitrogen and oxygen atoms in total. The van der Waals surface area contributed by atoms with Crippen LogP contribution in [0.2, 0.25) is 0 Å². The van der Waals surface area contributed by atoms with Gasteiger partial charge in [-0.3, -0.25) is 4.90 Å². The summed E-state index contributed by atoms with van der Waals surface area (Å²) in [4.78, 5) is 2.44. The van der Waals surface area contributed by atoms with E-state index in [1.54, 1.807) is 0 Å². The van der Waals surface area contributed by atoms with Gasteiger partial charge in [0, 0.05) is 19.5 Å². The summed E-state index contributed by atoms with van der Waals surface area (Å²) in [6, 6.07) is 10.6. The molecule has 0 N–H and O–H groups in total. The fraction of sp³-hybridized carbons (Fsp3) is 0.312. The molecule has 1 aromatic rings. The SMILES string of the molecule is C#C[CH]CCN1CC=C(c2ccccc2)CC1. The van der Waals surface area contributed by atoms with Crippen molar-refractivity contribution < 1.29 is 0 Å². The minimum Gasteiger partial charge on any atom is -0.299 e. The summed E-state index contributed by atoms with van der Waals surface area (Å²) in [5.41, 5.74) is 2.84. The minimum atomic E-state index is 0.991. The van der Waals surface area contributed by atoms with Crippen LogP contribution in [0.4, 0.5) is 0 Å². The molecule has 1 heteroatoms. The average Bonchev–Trinajstić information content (AvgIpc) is 2.41. The Balaban J connectivity index is 1.88. The van der Waals surface area contributed by atoms with Crippen LogP contribution in [0.5, 0.6) is 0 Å². The van der Waals surface area contributed by atoms with Gasteiger partial charge in [0.15, 0.2) is 0 Å². The van der Waals surface area contributed by atoms with Crippen molar-refractivity contribution in [3.63, 3.8) is 0 Å². The van der Waals surface area contributed by atoms with Crippen molar-refractivity contribution in [2.24, 2.45) is 0 Å². The maximum absolute atomic E-state index is 5.21. The normalized spacial score (nSPS) is 16.3. The van der Waals surface area contributed by atoms with Crippen molar-refractivity contribution in [1.82, 2.24) is 4.90 Å². The Bertz CT molecular complexity index is 411. The minimum absolute atomic E-state index is 0.991. The van der Waals surface area contributed by atoms with E-state index in [2.05, 4.69) is 47.2 Å². The van der Waals surface area contributed by atoms with Crippen molar-refractivity contribution in [3.05, 3.63) is 48.4 Å². The van der Waals surface area contributed by atoms with Crippen LogP contribution in [0, 0.1) is 18.8 Å². The summed E-state index contributed by atoms with van der Waals surface area (Å²) in [5, 5.41) is 0. The summed E-state index contributed by atoms with van der Waals surface area (Å²) in [5.74, 6) is 2.57. The molecule has 0 unspecified atom stereocenters. The predicted octanol–water partition coefficient (Wildman–Crippen LogP) is 3.00. The fourth-order valence-electron chi connectivity index (χ4n) is 2.16. The Labute approximate surface area is 104 Å². The first kappa shape index (κ1) is 12.0. The van der Waals surface area contributed by atoms with E-state index >= 15 is 0 Å². The van der Waals surface area contributed by atoms with Gasteiger partial charge in [-0.2, -0.15) is 0 Å². The molecule has 0 amide bonds. The Morgan fingerprint density at radius 2 is 2.12 bits per heavy atom. The van der Waals surface area contributed by atoms with E-state index in [9.17, 15) is 0 Å². The topological polar surface area (TPSA) is 3.24 Å². The van der Waals surface area contributed by atoms with Gasteiger partial charge >= 0.3 is 0 Å². The summed E-state index contributed by atoms with van der Waals surface area (Å²) in [6.45, 7) is 3.25. The molecule has 2 rings (SSSR count). The molecule has 1 aliphatic rings. The molecule has 0 aliphatic carbocycles. The molecule has 0 spiro atoms. The maximum atomic E-state index is 5.21. The van der Waals surface area contributed by atoms with E-state index in [-0.39, 0.29) is 0 Å². The second-order valence-electron chi connectivity index (χ2n) is 4.31. The molecular formula is C16H18N. The van der Waals surface area contributed by atoms with E-state index in [4.69, 9.17) is 6.42 Å². The molecule has 1 aliphatic heterocycles. The molecule has 1 heterocycles. The quantitative estimate of drug-likeness (QED) is 0.561. The molecule has 0 aromatic heterocycles.